The number of rotatable bonds is 6. The Hall–Kier alpha value is -1.88. The molecule has 5 nitrogen and oxygen atoms in total. The summed E-state index contributed by atoms with van der Waals surface area (Å²) in [4.78, 5) is 24.4. The van der Waals surface area contributed by atoms with Crippen LogP contribution in [0.1, 0.15) is 18.9 Å². The number of anilines is 1. The highest BCUT2D eigenvalue weighted by Gasteiger charge is 2.22. The highest BCUT2D eigenvalue weighted by molar-refractivity contribution is 5.93. The summed E-state index contributed by atoms with van der Waals surface area (Å²) in [5.41, 5.74) is 1.73. The molecule has 0 saturated carbocycles. The molecule has 1 atom stereocenters. The standard InChI is InChI=1S/C14H20N2O3/c1-4-12(14(18)19)16(3)9-13(17)15-11-8-6-5-7-10(11)2/h5-8,12H,4,9H2,1-3H3,(H,15,17)(H,18,19). The number of hydrogen-bond acceptors (Lipinski definition) is 3. The Labute approximate surface area is 113 Å². The summed E-state index contributed by atoms with van der Waals surface area (Å²) in [7, 11) is 1.64. The van der Waals surface area contributed by atoms with E-state index in [0.717, 1.165) is 11.3 Å². The van der Waals surface area contributed by atoms with Crippen molar-refractivity contribution in [3.8, 4) is 0 Å². The topological polar surface area (TPSA) is 69.6 Å². The molecule has 0 heterocycles. The van der Waals surface area contributed by atoms with E-state index in [1.165, 1.54) is 4.90 Å². The van der Waals surface area contributed by atoms with Gasteiger partial charge >= 0.3 is 5.97 Å². The zero-order valence-corrected chi connectivity index (χ0v) is 11.5. The van der Waals surface area contributed by atoms with Crippen LogP contribution in [0.3, 0.4) is 0 Å². The molecule has 0 aliphatic heterocycles. The predicted molar refractivity (Wildman–Crippen MR) is 74.2 cm³/mol. The molecule has 2 N–H and O–H groups in total. The first kappa shape index (κ1) is 15.2. The van der Waals surface area contributed by atoms with E-state index >= 15 is 0 Å². The Kier molecular flexibility index (Phi) is 5.51. The van der Waals surface area contributed by atoms with Gasteiger partial charge in [0.2, 0.25) is 5.91 Å². The quantitative estimate of drug-likeness (QED) is 0.821. The third-order valence-corrected chi connectivity index (χ3v) is 3.02. The number of likely N-dealkylation sites (N-methyl/N-ethyl adjacent to an activating group) is 1. The minimum absolute atomic E-state index is 0.0547. The number of aryl methyl sites for hydroxylation is 1. The molecule has 0 bridgehead atoms. The maximum Gasteiger partial charge on any atom is 0.320 e. The van der Waals surface area contributed by atoms with Crippen LogP contribution in [0.15, 0.2) is 24.3 Å². The molecule has 5 heteroatoms. The average molecular weight is 264 g/mol. The van der Waals surface area contributed by atoms with Gasteiger partial charge in [-0.05, 0) is 32.0 Å². The van der Waals surface area contributed by atoms with Crippen LogP contribution in [-0.2, 0) is 9.59 Å². The number of carboxylic acid groups (broad SMARTS) is 1. The average Bonchev–Trinajstić information content (AvgIpc) is 2.32. The fourth-order valence-corrected chi connectivity index (χ4v) is 1.91. The molecule has 1 aromatic carbocycles. The summed E-state index contributed by atoms with van der Waals surface area (Å²) in [6, 6.07) is 6.84. The lowest BCUT2D eigenvalue weighted by atomic mass is 10.2. The molecule has 0 radical (unpaired) electrons. The van der Waals surface area contributed by atoms with E-state index in [4.69, 9.17) is 5.11 Å². The van der Waals surface area contributed by atoms with Crippen LogP contribution in [0.4, 0.5) is 5.69 Å². The van der Waals surface area contributed by atoms with Crippen molar-refractivity contribution in [2.24, 2.45) is 0 Å². The molecule has 0 aromatic heterocycles. The molecule has 1 amide bonds. The number of aliphatic carboxylic acids is 1. The number of carboxylic acids is 1. The Morgan fingerprint density at radius 1 is 1.37 bits per heavy atom. The van der Waals surface area contributed by atoms with Gasteiger partial charge < -0.3 is 10.4 Å². The molecule has 19 heavy (non-hydrogen) atoms. The number of amides is 1. The Bertz CT molecular complexity index is 460. The highest BCUT2D eigenvalue weighted by Crippen LogP contribution is 2.13. The second-order valence-corrected chi connectivity index (χ2v) is 4.54. The first-order chi connectivity index (χ1) is 8.95. The van der Waals surface area contributed by atoms with Crippen LogP contribution >= 0.6 is 0 Å². The first-order valence-electron chi connectivity index (χ1n) is 6.24. The van der Waals surface area contributed by atoms with E-state index < -0.39 is 12.0 Å². The number of benzene rings is 1. The van der Waals surface area contributed by atoms with Gasteiger partial charge in [0, 0.05) is 5.69 Å². The van der Waals surface area contributed by atoms with Crippen LogP contribution in [-0.4, -0.2) is 41.5 Å². The van der Waals surface area contributed by atoms with Gasteiger partial charge in [0.05, 0.1) is 6.54 Å². The van der Waals surface area contributed by atoms with Crippen molar-refractivity contribution < 1.29 is 14.7 Å². The van der Waals surface area contributed by atoms with Gasteiger partial charge in [-0.25, -0.2) is 0 Å². The Morgan fingerprint density at radius 2 is 2.00 bits per heavy atom. The van der Waals surface area contributed by atoms with Crippen LogP contribution in [0.25, 0.3) is 0 Å². The molecular weight excluding hydrogens is 244 g/mol. The zero-order valence-electron chi connectivity index (χ0n) is 11.5. The van der Waals surface area contributed by atoms with Gasteiger partial charge in [0.25, 0.3) is 0 Å². The first-order valence-corrected chi connectivity index (χ1v) is 6.24. The lowest BCUT2D eigenvalue weighted by molar-refractivity contribution is -0.143. The van der Waals surface area contributed by atoms with Gasteiger partial charge in [-0.2, -0.15) is 0 Å². The van der Waals surface area contributed by atoms with Crippen molar-refractivity contribution in [2.45, 2.75) is 26.3 Å². The maximum atomic E-state index is 11.9. The van der Waals surface area contributed by atoms with E-state index in [0.29, 0.717) is 6.42 Å². The minimum atomic E-state index is -0.909. The van der Waals surface area contributed by atoms with E-state index in [-0.39, 0.29) is 12.5 Å². The molecular formula is C14H20N2O3. The summed E-state index contributed by atoms with van der Waals surface area (Å²) in [6.07, 6.45) is 0.462. The van der Waals surface area contributed by atoms with E-state index in [2.05, 4.69) is 5.32 Å². The smallest absolute Gasteiger partial charge is 0.320 e. The molecule has 0 spiro atoms. The van der Waals surface area contributed by atoms with Gasteiger partial charge in [-0.3, -0.25) is 14.5 Å². The third-order valence-electron chi connectivity index (χ3n) is 3.02. The second-order valence-electron chi connectivity index (χ2n) is 4.54. The number of para-hydroxylation sites is 1. The zero-order chi connectivity index (χ0) is 14.4. The van der Waals surface area contributed by atoms with Gasteiger partial charge in [0.1, 0.15) is 6.04 Å². The lowest BCUT2D eigenvalue weighted by Gasteiger charge is -2.22. The largest absolute Gasteiger partial charge is 0.480 e. The second kappa shape index (κ2) is 6.89. The summed E-state index contributed by atoms with van der Waals surface area (Å²) < 4.78 is 0. The minimum Gasteiger partial charge on any atom is -0.480 e. The number of nitrogens with zero attached hydrogens (tertiary/aromatic N) is 1. The van der Waals surface area contributed by atoms with Crippen LogP contribution in [0.5, 0.6) is 0 Å². The highest BCUT2D eigenvalue weighted by atomic mass is 16.4. The summed E-state index contributed by atoms with van der Waals surface area (Å²) in [6.45, 7) is 3.75. The SMILES string of the molecule is CCC(C(=O)O)N(C)CC(=O)Nc1ccccc1C. The molecule has 0 aliphatic carbocycles. The van der Waals surface area contributed by atoms with Crippen LogP contribution in [0.2, 0.25) is 0 Å². The van der Waals surface area contributed by atoms with Crippen molar-refractivity contribution in [3.05, 3.63) is 29.8 Å². The van der Waals surface area contributed by atoms with Gasteiger partial charge in [-0.1, -0.05) is 25.1 Å². The molecule has 0 saturated heterocycles. The van der Waals surface area contributed by atoms with Crippen molar-refractivity contribution in [2.75, 3.05) is 18.9 Å². The third kappa shape index (κ3) is 4.37. The molecule has 1 unspecified atom stereocenters. The summed E-state index contributed by atoms with van der Waals surface area (Å²) in [5.74, 6) is -1.12. The molecule has 104 valence electrons. The van der Waals surface area contributed by atoms with Gasteiger partial charge in [0.15, 0.2) is 0 Å². The van der Waals surface area contributed by atoms with Crippen molar-refractivity contribution in [1.82, 2.24) is 4.90 Å². The van der Waals surface area contributed by atoms with E-state index in [9.17, 15) is 9.59 Å². The van der Waals surface area contributed by atoms with Crippen molar-refractivity contribution in [3.63, 3.8) is 0 Å². The fraction of sp³-hybridized carbons (Fsp3) is 0.429. The van der Waals surface area contributed by atoms with Gasteiger partial charge in [-0.15, -0.1) is 0 Å². The predicted octanol–water partition coefficient (Wildman–Crippen LogP) is 1.73. The normalized spacial score (nSPS) is 12.2. The van der Waals surface area contributed by atoms with Crippen molar-refractivity contribution >= 4 is 17.6 Å². The number of carbonyl (C=O) groups is 2. The van der Waals surface area contributed by atoms with E-state index in [1.54, 1.807) is 14.0 Å². The molecule has 0 aliphatic rings. The van der Waals surface area contributed by atoms with E-state index in [1.807, 2.05) is 31.2 Å². The Morgan fingerprint density at radius 3 is 2.53 bits per heavy atom. The number of nitrogens with one attached hydrogen (secondary N) is 1. The number of hydrogen-bond donors (Lipinski definition) is 2. The Balaban J connectivity index is 2.61. The number of carbonyl (C=O) groups excluding carboxylic acids is 1. The lowest BCUT2D eigenvalue weighted by Crippen LogP contribution is -2.42. The monoisotopic (exact) mass is 264 g/mol. The molecule has 1 rings (SSSR count). The summed E-state index contributed by atoms with van der Waals surface area (Å²) >= 11 is 0. The molecule has 0 fully saturated rings. The van der Waals surface area contributed by atoms with Crippen molar-refractivity contribution in [1.29, 1.82) is 0 Å². The fourth-order valence-electron chi connectivity index (χ4n) is 1.91. The summed E-state index contributed by atoms with van der Waals surface area (Å²) in [5, 5.41) is 11.8. The maximum absolute atomic E-state index is 11.9. The van der Waals surface area contributed by atoms with Crippen LogP contribution < -0.4 is 5.32 Å². The molecule has 1 aromatic rings. The van der Waals surface area contributed by atoms with Crippen LogP contribution in [0, 0.1) is 6.92 Å².